The van der Waals surface area contributed by atoms with E-state index in [0.29, 0.717) is 28.8 Å². The number of rotatable bonds is 4. The Labute approximate surface area is 121 Å². The Bertz CT molecular complexity index is 595. The maximum absolute atomic E-state index is 11.2. The number of benzene rings is 1. The normalized spacial score (nSPS) is 10.5. The van der Waals surface area contributed by atoms with Gasteiger partial charge >= 0.3 is 0 Å². The van der Waals surface area contributed by atoms with Crippen molar-refractivity contribution in [1.29, 1.82) is 0 Å². The van der Waals surface area contributed by atoms with E-state index in [4.69, 9.17) is 23.2 Å². The summed E-state index contributed by atoms with van der Waals surface area (Å²) in [5.74, 6) is 0.478. The molecule has 0 saturated carbocycles. The van der Waals surface area contributed by atoms with Gasteiger partial charge in [0, 0.05) is 28.7 Å². The SMILES string of the molecule is CCC(=O)Nc1ccn(Cc2ccc(Cl)cc2Cl)n1. The Balaban J connectivity index is 2.09. The van der Waals surface area contributed by atoms with Crippen molar-refractivity contribution in [3.05, 3.63) is 46.1 Å². The molecule has 1 heterocycles. The molecule has 1 aromatic carbocycles. The van der Waals surface area contributed by atoms with Crippen LogP contribution >= 0.6 is 23.2 Å². The highest BCUT2D eigenvalue weighted by molar-refractivity contribution is 6.35. The molecule has 0 aliphatic rings. The smallest absolute Gasteiger partial charge is 0.225 e. The molecule has 19 heavy (non-hydrogen) atoms. The van der Waals surface area contributed by atoms with E-state index in [0.717, 1.165) is 5.56 Å². The number of carbonyl (C=O) groups is 1. The minimum Gasteiger partial charge on any atom is -0.309 e. The van der Waals surface area contributed by atoms with Crippen molar-refractivity contribution in [3.63, 3.8) is 0 Å². The quantitative estimate of drug-likeness (QED) is 0.937. The van der Waals surface area contributed by atoms with Gasteiger partial charge in [0.2, 0.25) is 5.91 Å². The minimum atomic E-state index is -0.0604. The number of hydrogen-bond acceptors (Lipinski definition) is 2. The highest BCUT2D eigenvalue weighted by atomic mass is 35.5. The van der Waals surface area contributed by atoms with E-state index >= 15 is 0 Å². The summed E-state index contributed by atoms with van der Waals surface area (Å²) in [6.45, 7) is 2.32. The van der Waals surface area contributed by atoms with E-state index in [1.807, 2.05) is 6.07 Å². The average molecular weight is 298 g/mol. The Morgan fingerprint density at radius 3 is 2.84 bits per heavy atom. The summed E-state index contributed by atoms with van der Waals surface area (Å²) < 4.78 is 1.71. The van der Waals surface area contributed by atoms with Crippen LogP contribution in [-0.4, -0.2) is 15.7 Å². The lowest BCUT2D eigenvalue weighted by atomic mass is 10.2. The predicted octanol–water partition coefficient (Wildman–Crippen LogP) is 3.59. The Morgan fingerprint density at radius 2 is 2.16 bits per heavy atom. The Kier molecular flexibility index (Phi) is 4.45. The molecule has 1 amide bonds. The number of aromatic nitrogens is 2. The van der Waals surface area contributed by atoms with Gasteiger partial charge in [-0.3, -0.25) is 9.48 Å². The fourth-order valence-corrected chi connectivity index (χ4v) is 2.04. The number of halogens is 2. The van der Waals surface area contributed by atoms with Crippen LogP contribution in [0.1, 0.15) is 18.9 Å². The monoisotopic (exact) mass is 297 g/mol. The number of carbonyl (C=O) groups excluding carboxylic acids is 1. The third-order valence-corrected chi connectivity index (χ3v) is 3.16. The van der Waals surface area contributed by atoms with Gasteiger partial charge in [-0.05, 0) is 17.7 Å². The van der Waals surface area contributed by atoms with Gasteiger partial charge in [0.05, 0.1) is 6.54 Å². The average Bonchev–Trinajstić information content (AvgIpc) is 2.80. The van der Waals surface area contributed by atoms with Gasteiger partial charge in [0.25, 0.3) is 0 Å². The van der Waals surface area contributed by atoms with Crippen LogP contribution in [0.2, 0.25) is 10.0 Å². The Morgan fingerprint density at radius 1 is 1.37 bits per heavy atom. The highest BCUT2D eigenvalue weighted by Crippen LogP contribution is 2.21. The molecule has 2 rings (SSSR count). The molecule has 0 saturated heterocycles. The molecule has 6 heteroatoms. The van der Waals surface area contributed by atoms with Crippen LogP contribution in [0.25, 0.3) is 0 Å². The van der Waals surface area contributed by atoms with Crippen molar-refractivity contribution in [2.45, 2.75) is 19.9 Å². The number of anilines is 1. The first-order chi connectivity index (χ1) is 9.08. The van der Waals surface area contributed by atoms with Crippen LogP contribution in [0.5, 0.6) is 0 Å². The summed E-state index contributed by atoms with van der Waals surface area (Å²) in [5, 5.41) is 8.15. The first kappa shape index (κ1) is 13.9. The molecule has 0 atom stereocenters. The molecule has 100 valence electrons. The third kappa shape index (κ3) is 3.72. The molecule has 0 aliphatic carbocycles. The molecular weight excluding hydrogens is 285 g/mol. The summed E-state index contributed by atoms with van der Waals surface area (Å²) in [6.07, 6.45) is 2.21. The fourth-order valence-electron chi connectivity index (χ4n) is 1.57. The summed E-state index contributed by atoms with van der Waals surface area (Å²) in [5.41, 5.74) is 0.919. The van der Waals surface area contributed by atoms with Crippen LogP contribution in [0.3, 0.4) is 0 Å². The Hall–Kier alpha value is -1.52. The van der Waals surface area contributed by atoms with E-state index in [1.165, 1.54) is 0 Å². The topological polar surface area (TPSA) is 46.9 Å². The van der Waals surface area contributed by atoms with Crippen LogP contribution in [0.15, 0.2) is 30.5 Å². The van der Waals surface area contributed by atoms with Gasteiger partial charge in [0.15, 0.2) is 5.82 Å². The van der Waals surface area contributed by atoms with Crippen LogP contribution < -0.4 is 5.32 Å². The van der Waals surface area contributed by atoms with Crippen LogP contribution in [-0.2, 0) is 11.3 Å². The maximum atomic E-state index is 11.2. The standard InChI is InChI=1S/C13H13Cl2N3O/c1-2-13(19)16-12-5-6-18(17-12)8-9-3-4-10(14)7-11(9)15/h3-7H,2,8H2,1H3,(H,16,17,19). The predicted molar refractivity (Wildman–Crippen MR) is 76.7 cm³/mol. The molecule has 1 aromatic heterocycles. The van der Waals surface area contributed by atoms with Gasteiger partial charge < -0.3 is 5.32 Å². The number of hydrogen-bond donors (Lipinski definition) is 1. The molecule has 0 radical (unpaired) electrons. The molecule has 0 bridgehead atoms. The van der Waals surface area contributed by atoms with Crippen LogP contribution in [0.4, 0.5) is 5.82 Å². The van der Waals surface area contributed by atoms with Crippen molar-refractivity contribution in [2.75, 3.05) is 5.32 Å². The van der Waals surface area contributed by atoms with E-state index in [2.05, 4.69) is 10.4 Å². The highest BCUT2D eigenvalue weighted by Gasteiger charge is 2.05. The first-order valence-electron chi connectivity index (χ1n) is 5.85. The van der Waals surface area contributed by atoms with Gasteiger partial charge in [-0.2, -0.15) is 5.10 Å². The lowest BCUT2D eigenvalue weighted by Crippen LogP contribution is -2.10. The number of nitrogens with one attached hydrogen (secondary N) is 1. The second-order valence-electron chi connectivity index (χ2n) is 4.04. The largest absolute Gasteiger partial charge is 0.309 e. The second-order valence-corrected chi connectivity index (χ2v) is 4.88. The zero-order valence-electron chi connectivity index (χ0n) is 10.4. The molecule has 0 fully saturated rings. The van der Waals surface area contributed by atoms with E-state index in [1.54, 1.807) is 36.0 Å². The van der Waals surface area contributed by atoms with Gasteiger partial charge in [-0.15, -0.1) is 0 Å². The summed E-state index contributed by atoms with van der Waals surface area (Å²) in [6, 6.07) is 7.09. The van der Waals surface area contributed by atoms with Gasteiger partial charge in [0.1, 0.15) is 0 Å². The molecule has 4 nitrogen and oxygen atoms in total. The van der Waals surface area contributed by atoms with Crippen molar-refractivity contribution < 1.29 is 4.79 Å². The van der Waals surface area contributed by atoms with E-state index < -0.39 is 0 Å². The molecule has 0 aliphatic heterocycles. The molecular formula is C13H13Cl2N3O. The fraction of sp³-hybridized carbons (Fsp3) is 0.231. The first-order valence-corrected chi connectivity index (χ1v) is 6.61. The zero-order valence-corrected chi connectivity index (χ0v) is 11.9. The third-order valence-electron chi connectivity index (χ3n) is 2.58. The van der Waals surface area contributed by atoms with Crippen molar-refractivity contribution in [1.82, 2.24) is 9.78 Å². The number of nitrogens with zero attached hydrogens (tertiary/aromatic N) is 2. The van der Waals surface area contributed by atoms with E-state index in [9.17, 15) is 4.79 Å². The van der Waals surface area contributed by atoms with Crippen molar-refractivity contribution in [3.8, 4) is 0 Å². The van der Waals surface area contributed by atoms with E-state index in [-0.39, 0.29) is 5.91 Å². The van der Waals surface area contributed by atoms with Crippen molar-refractivity contribution >= 4 is 34.9 Å². The number of amides is 1. The second kappa shape index (κ2) is 6.08. The molecule has 1 N–H and O–H groups in total. The van der Waals surface area contributed by atoms with Gasteiger partial charge in [-0.25, -0.2) is 0 Å². The van der Waals surface area contributed by atoms with Crippen molar-refractivity contribution in [2.24, 2.45) is 0 Å². The maximum Gasteiger partial charge on any atom is 0.225 e. The summed E-state index contributed by atoms with van der Waals surface area (Å²) >= 11 is 11.9. The summed E-state index contributed by atoms with van der Waals surface area (Å²) in [7, 11) is 0. The molecule has 0 unspecified atom stereocenters. The lowest BCUT2D eigenvalue weighted by Gasteiger charge is -2.05. The summed E-state index contributed by atoms with van der Waals surface area (Å²) in [4.78, 5) is 11.2. The van der Waals surface area contributed by atoms with Crippen LogP contribution in [0, 0.1) is 0 Å². The molecule has 2 aromatic rings. The zero-order chi connectivity index (χ0) is 13.8. The minimum absolute atomic E-state index is 0.0604. The van der Waals surface area contributed by atoms with Gasteiger partial charge in [-0.1, -0.05) is 36.2 Å². The molecule has 0 spiro atoms. The lowest BCUT2D eigenvalue weighted by molar-refractivity contribution is -0.115.